The summed E-state index contributed by atoms with van der Waals surface area (Å²) in [5.41, 5.74) is 0. The molecule has 1 heterocycles. The van der Waals surface area contributed by atoms with Crippen molar-refractivity contribution in [3.63, 3.8) is 0 Å². The van der Waals surface area contributed by atoms with Crippen LogP contribution in [0.1, 0.15) is 52.9 Å². The molecular formula is C13H23NO2. The van der Waals surface area contributed by atoms with E-state index in [2.05, 4.69) is 0 Å². The molecule has 0 unspecified atom stereocenters. The largest absolute Gasteiger partial charge is 0.333 e. The van der Waals surface area contributed by atoms with Crippen molar-refractivity contribution in [3.8, 4) is 0 Å². The molecule has 1 amide bonds. The van der Waals surface area contributed by atoms with Crippen molar-refractivity contribution in [1.82, 2.24) is 4.90 Å². The number of Topliss-reactive ketones (excluding diaryl/α,β-unsaturated/α-hetero) is 1. The van der Waals surface area contributed by atoms with Gasteiger partial charge in [-0.1, -0.05) is 20.8 Å². The van der Waals surface area contributed by atoms with E-state index >= 15 is 0 Å². The van der Waals surface area contributed by atoms with Gasteiger partial charge in [0.15, 0.2) is 5.78 Å². The molecule has 0 saturated carbocycles. The fourth-order valence-electron chi connectivity index (χ4n) is 2.27. The molecule has 0 aromatic carbocycles. The number of nitrogens with zero attached hydrogens (tertiary/aromatic N) is 1. The Kier molecular flexibility index (Phi) is 4.97. The predicted octanol–water partition coefficient (Wildman–Crippen LogP) is 2.39. The van der Waals surface area contributed by atoms with Crippen LogP contribution in [0.4, 0.5) is 0 Å². The fraction of sp³-hybridized carbons (Fsp3) is 0.846. The zero-order valence-electron chi connectivity index (χ0n) is 10.7. The number of amides is 1. The first-order valence-electron chi connectivity index (χ1n) is 6.41. The molecule has 1 rings (SSSR count). The van der Waals surface area contributed by atoms with Gasteiger partial charge in [0, 0.05) is 18.9 Å². The van der Waals surface area contributed by atoms with Gasteiger partial charge in [0.25, 0.3) is 0 Å². The summed E-state index contributed by atoms with van der Waals surface area (Å²) < 4.78 is 0. The molecule has 1 aliphatic rings. The van der Waals surface area contributed by atoms with Crippen molar-refractivity contribution < 1.29 is 9.59 Å². The number of ketones is 1. The van der Waals surface area contributed by atoms with Crippen LogP contribution in [-0.4, -0.2) is 29.2 Å². The highest BCUT2D eigenvalue weighted by molar-refractivity contribution is 5.90. The Bertz CT molecular complexity index is 261. The lowest BCUT2D eigenvalue weighted by Crippen LogP contribution is -2.49. The predicted molar refractivity (Wildman–Crippen MR) is 64.1 cm³/mol. The van der Waals surface area contributed by atoms with E-state index in [0.29, 0.717) is 6.42 Å². The SMILES string of the molecule is CCCC(=O)N1CCCC[C@H]1C(=O)C(C)C. The molecule has 92 valence electrons. The van der Waals surface area contributed by atoms with Crippen molar-refractivity contribution in [2.45, 2.75) is 58.9 Å². The molecule has 0 aromatic heterocycles. The fourth-order valence-corrected chi connectivity index (χ4v) is 2.27. The van der Waals surface area contributed by atoms with Gasteiger partial charge in [0.2, 0.25) is 5.91 Å². The van der Waals surface area contributed by atoms with Crippen molar-refractivity contribution >= 4 is 11.7 Å². The Morgan fingerprint density at radius 3 is 2.56 bits per heavy atom. The van der Waals surface area contributed by atoms with Crippen LogP contribution in [0.3, 0.4) is 0 Å². The van der Waals surface area contributed by atoms with Crippen molar-refractivity contribution in [2.24, 2.45) is 5.92 Å². The zero-order chi connectivity index (χ0) is 12.1. The van der Waals surface area contributed by atoms with Gasteiger partial charge >= 0.3 is 0 Å². The smallest absolute Gasteiger partial charge is 0.223 e. The van der Waals surface area contributed by atoms with Gasteiger partial charge in [0.1, 0.15) is 0 Å². The second-order valence-electron chi connectivity index (χ2n) is 4.91. The van der Waals surface area contributed by atoms with Crippen LogP contribution in [0, 0.1) is 5.92 Å². The van der Waals surface area contributed by atoms with Crippen LogP contribution >= 0.6 is 0 Å². The Morgan fingerprint density at radius 2 is 2.00 bits per heavy atom. The highest BCUT2D eigenvalue weighted by Gasteiger charge is 2.32. The topological polar surface area (TPSA) is 37.4 Å². The first-order chi connectivity index (χ1) is 7.57. The standard InChI is InChI=1S/C13H23NO2/c1-4-7-12(15)14-9-6-5-8-11(14)13(16)10(2)3/h10-11H,4-9H2,1-3H3/t11-/m0/s1. The summed E-state index contributed by atoms with van der Waals surface area (Å²) in [5, 5.41) is 0. The van der Waals surface area contributed by atoms with E-state index in [4.69, 9.17) is 0 Å². The molecule has 0 spiro atoms. The van der Waals surface area contributed by atoms with E-state index < -0.39 is 0 Å². The van der Waals surface area contributed by atoms with Crippen LogP contribution in [0.2, 0.25) is 0 Å². The molecule has 1 atom stereocenters. The zero-order valence-corrected chi connectivity index (χ0v) is 10.7. The lowest BCUT2D eigenvalue weighted by molar-refractivity contribution is -0.142. The number of likely N-dealkylation sites (tertiary alicyclic amines) is 1. The Hall–Kier alpha value is -0.860. The minimum Gasteiger partial charge on any atom is -0.333 e. The molecule has 0 aliphatic carbocycles. The van der Waals surface area contributed by atoms with E-state index in [1.165, 1.54) is 0 Å². The molecular weight excluding hydrogens is 202 g/mol. The van der Waals surface area contributed by atoms with Crippen molar-refractivity contribution in [1.29, 1.82) is 0 Å². The second-order valence-corrected chi connectivity index (χ2v) is 4.91. The average molecular weight is 225 g/mol. The lowest BCUT2D eigenvalue weighted by Gasteiger charge is -2.35. The molecule has 0 radical (unpaired) electrons. The number of carbonyl (C=O) groups is 2. The molecule has 3 nitrogen and oxygen atoms in total. The van der Waals surface area contributed by atoms with Crippen LogP contribution in [0.25, 0.3) is 0 Å². The molecule has 1 fully saturated rings. The summed E-state index contributed by atoms with van der Waals surface area (Å²) in [6, 6.07) is -0.146. The van der Waals surface area contributed by atoms with Crippen LogP contribution in [0.5, 0.6) is 0 Å². The van der Waals surface area contributed by atoms with Crippen LogP contribution in [-0.2, 0) is 9.59 Å². The van der Waals surface area contributed by atoms with Gasteiger partial charge in [-0.25, -0.2) is 0 Å². The lowest BCUT2D eigenvalue weighted by atomic mass is 9.92. The van der Waals surface area contributed by atoms with E-state index in [1.54, 1.807) is 0 Å². The monoisotopic (exact) mass is 225 g/mol. The maximum Gasteiger partial charge on any atom is 0.223 e. The second kappa shape index (κ2) is 6.02. The van der Waals surface area contributed by atoms with E-state index in [1.807, 2.05) is 25.7 Å². The Balaban J connectivity index is 2.71. The minimum atomic E-state index is -0.146. The van der Waals surface area contributed by atoms with Gasteiger partial charge < -0.3 is 4.90 Å². The first-order valence-corrected chi connectivity index (χ1v) is 6.41. The third-order valence-corrected chi connectivity index (χ3v) is 3.18. The molecule has 3 heteroatoms. The summed E-state index contributed by atoms with van der Waals surface area (Å²) in [7, 11) is 0. The summed E-state index contributed by atoms with van der Waals surface area (Å²) in [6.45, 7) is 6.60. The van der Waals surface area contributed by atoms with Gasteiger partial charge in [-0.15, -0.1) is 0 Å². The average Bonchev–Trinajstić information content (AvgIpc) is 2.28. The molecule has 1 aliphatic heterocycles. The van der Waals surface area contributed by atoms with Gasteiger partial charge in [0.05, 0.1) is 6.04 Å². The van der Waals surface area contributed by atoms with E-state index in [0.717, 1.165) is 32.2 Å². The molecule has 0 bridgehead atoms. The van der Waals surface area contributed by atoms with Gasteiger partial charge in [-0.3, -0.25) is 9.59 Å². The summed E-state index contributed by atoms with van der Waals surface area (Å²) in [5.74, 6) is 0.408. The number of hydrogen-bond donors (Lipinski definition) is 0. The highest BCUT2D eigenvalue weighted by atomic mass is 16.2. The summed E-state index contributed by atoms with van der Waals surface area (Å²) >= 11 is 0. The number of piperidine rings is 1. The molecule has 0 aromatic rings. The Labute approximate surface area is 98.2 Å². The van der Waals surface area contributed by atoms with Gasteiger partial charge in [-0.05, 0) is 25.7 Å². The Morgan fingerprint density at radius 1 is 1.31 bits per heavy atom. The normalized spacial score (nSPS) is 21.2. The number of carbonyl (C=O) groups excluding carboxylic acids is 2. The van der Waals surface area contributed by atoms with Crippen LogP contribution in [0.15, 0.2) is 0 Å². The highest BCUT2D eigenvalue weighted by Crippen LogP contribution is 2.21. The third-order valence-electron chi connectivity index (χ3n) is 3.18. The molecule has 1 saturated heterocycles. The summed E-state index contributed by atoms with van der Waals surface area (Å²) in [6.07, 6.45) is 4.39. The maximum absolute atomic E-state index is 12.0. The maximum atomic E-state index is 12.0. The minimum absolute atomic E-state index is 0.0278. The molecule has 16 heavy (non-hydrogen) atoms. The first kappa shape index (κ1) is 13.2. The van der Waals surface area contributed by atoms with Crippen molar-refractivity contribution in [2.75, 3.05) is 6.54 Å². The number of rotatable bonds is 4. The van der Waals surface area contributed by atoms with Crippen LogP contribution < -0.4 is 0 Å². The number of hydrogen-bond acceptors (Lipinski definition) is 2. The van der Waals surface area contributed by atoms with Gasteiger partial charge in [-0.2, -0.15) is 0 Å². The van der Waals surface area contributed by atoms with E-state index in [-0.39, 0.29) is 23.7 Å². The quantitative estimate of drug-likeness (QED) is 0.736. The third kappa shape index (κ3) is 3.06. The van der Waals surface area contributed by atoms with E-state index in [9.17, 15) is 9.59 Å². The molecule has 0 N–H and O–H groups in total. The van der Waals surface area contributed by atoms with Crippen molar-refractivity contribution in [3.05, 3.63) is 0 Å². The summed E-state index contributed by atoms with van der Waals surface area (Å²) in [4.78, 5) is 25.7.